The van der Waals surface area contributed by atoms with Crippen LogP contribution in [-0.4, -0.2) is 36.2 Å². The molecule has 3 amide bonds. The van der Waals surface area contributed by atoms with Gasteiger partial charge in [0, 0.05) is 6.54 Å². The molecule has 0 aliphatic rings. The van der Waals surface area contributed by atoms with Crippen molar-refractivity contribution in [3.8, 4) is 0 Å². The van der Waals surface area contributed by atoms with E-state index >= 15 is 0 Å². The lowest BCUT2D eigenvalue weighted by atomic mass is 10.2. The summed E-state index contributed by atoms with van der Waals surface area (Å²) in [5.41, 5.74) is 0.547. The minimum absolute atomic E-state index is 0.0368. The molecule has 0 saturated heterocycles. The molecule has 0 aliphatic carbocycles. The summed E-state index contributed by atoms with van der Waals surface area (Å²) in [4.78, 5) is 32.7. The summed E-state index contributed by atoms with van der Waals surface area (Å²) in [6, 6.07) is 3.13. The van der Waals surface area contributed by atoms with Gasteiger partial charge in [-0.2, -0.15) is 0 Å². The number of nitrogens with one attached hydrogen (secondary N) is 2. The molecule has 0 heterocycles. The van der Waals surface area contributed by atoms with Crippen LogP contribution in [0.2, 0.25) is 5.02 Å². The molecule has 0 bridgehead atoms. The first-order valence-electron chi connectivity index (χ1n) is 5.69. The molecule has 21 heavy (non-hydrogen) atoms. The fourth-order valence-corrected chi connectivity index (χ4v) is 1.47. The molecule has 7 nitrogen and oxygen atoms in total. The van der Waals surface area contributed by atoms with E-state index in [9.17, 15) is 18.8 Å². The number of aliphatic carboxylic acids is 1. The molecule has 0 atom stereocenters. The first-order chi connectivity index (χ1) is 9.88. The number of carboxylic acids is 1. The highest BCUT2D eigenvalue weighted by molar-refractivity contribution is 6.30. The van der Waals surface area contributed by atoms with Crippen LogP contribution in [0.25, 0.3) is 0 Å². The average molecular weight is 319 g/mol. The van der Waals surface area contributed by atoms with Crippen LogP contribution in [0.5, 0.6) is 0 Å². The summed E-state index contributed by atoms with van der Waals surface area (Å²) in [5.74, 6) is -2.58. The van der Waals surface area contributed by atoms with Crippen molar-refractivity contribution >= 4 is 29.5 Å². The fraction of sp³-hybridized carbons (Fsp3) is 0.250. The Bertz CT molecular complexity index is 552. The fourth-order valence-electron chi connectivity index (χ4n) is 1.27. The quantitative estimate of drug-likeness (QED) is 0.723. The maximum Gasteiger partial charge on any atom is 0.329 e. The largest absolute Gasteiger partial charge is 0.480 e. The molecule has 0 radical (unpaired) electrons. The number of hydrogen-bond acceptors (Lipinski definition) is 4. The van der Waals surface area contributed by atoms with Crippen molar-refractivity contribution in [1.29, 1.82) is 0 Å². The Labute approximate surface area is 124 Å². The van der Waals surface area contributed by atoms with Crippen LogP contribution in [0.15, 0.2) is 18.2 Å². The van der Waals surface area contributed by atoms with Crippen molar-refractivity contribution in [2.45, 2.75) is 6.54 Å². The summed E-state index contributed by atoms with van der Waals surface area (Å²) in [5, 5.41) is 12.5. The van der Waals surface area contributed by atoms with Gasteiger partial charge in [-0.05, 0) is 17.7 Å². The lowest BCUT2D eigenvalue weighted by molar-refractivity contribution is -0.143. The second-order valence-corrected chi connectivity index (χ2v) is 4.27. The average Bonchev–Trinajstić information content (AvgIpc) is 2.39. The summed E-state index contributed by atoms with van der Waals surface area (Å²) < 4.78 is 17.4. The Kier molecular flexibility index (Phi) is 6.57. The van der Waals surface area contributed by atoms with Crippen LogP contribution in [-0.2, 0) is 20.9 Å². The summed E-state index contributed by atoms with van der Waals surface area (Å²) in [6.45, 7) is -1.15. The molecule has 1 aromatic rings. The standard InChI is InChI=1S/C12H12ClFN2O5/c13-8-3-7(1-2-9(8)14)4-15-12(20)16-10(17)5-21-6-11(18)19/h1-3H,4-6H2,(H,18,19)(H2,15,16,17,20). The van der Waals surface area contributed by atoms with Crippen molar-refractivity contribution < 1.29 is 28.6 Å². The number of carboxylic acid groups (broad SMARTS) is 1. The van der Waals surface area contributed by atoms with E-state index in [1.165, 1.54) is 12.1 Å². The van der Waals surface area contributed by atoms with Gasteiger partial charge < -0.3 is 15.2 Å². The number of carbonyl (C=O) groups is 3. The van der Waals surface area contributed by atoms with Crippen molar-refractivity contribution in [1.82, 2.24) is 10.6 Å². The van der Waals surface area contributed by atoms with E-state index < -0.39 is 36.9 Å². The topological polar surface area (TPSA) is 105 Å². The third kappa shape index (κ3) is 6.68. The number of ether oxygens (including phenoxy) is 1. The van der Waals surface area contributed by atoms with E-state index in [4.69, 9.17) is 16.7 Å². The number of imide groups is 1. The maximum atomic E-state index is 12.9. The second-order valence-electron chi connectivity index (χ2n) is 3.87. The zero-order chi connectivity index (χ0) is 15.8. The molecule has 114 valence electrons. The van der Waals surface area contributed by atoms with Crippen molar-refractivity contribution in [3.05, 3.63) is 34.6 Å². The van der Waals surface area contributed by atoms with E-state index in [1.807, 2.05) is 5.32 Å². The molecule has 0 aromatic heterocycles. The summed E-state index contributed by atoms with van der Waals surface area (Å²) in [7, 11) is 0. The Hall–Kier alpha value is -2.19. The lowest BCUT2D eigenvalue weighted by Gasteiger charge is -2.07. The monoisotopic (exact) mass is 318 g/mol. The Balaban J connectivity index is 2.31. The van der Waals surface area contributed by atoms with E-state index in [2.05, 4.69) is 10.1 Å². The first-order valence-corrected chi connectivity index (χ1v) is 6.07. The van der Waals surface area contributed by atoms with Crippen LogP contribution in [0.1, 0.15) is 5.56 Å². The lowest BCUT2D eigenvalue weighted by Crippen LogP contribution is -2.41. The van der Waals surface area contributed by atoms with Gasteiger partial charge in [-0.1, -0.05) is 17.7 Å². The third-order valence-corrected chi connectivity index (χ3v) is 2.44. The third-order valence-electron chi connectivity index (χ3n) is 2.15. The first kappa shape index (κ1) is 16.9. The van der Waals surface area contributed by atoms with E-state index in [0.717, 1.165) is 6.07 Å². The van der Waals surface area contributed by atoms with E-state index in [-0.39, 0.29) is 11.6 Å². The molecule has 9 heteroatoms. The molecule has 0 saturated carbocycles. The van der Waals surface area contributed by atoms with E-state index in [1.54, 1.807) is 0 Å². The van der Waals surface area contributed by atoms with Crippen molar-refractivity contribution in [3.63, 3.8) is 0 Å². The van der Waals surface area contributed by atoms with Gasteiger partial charge in [-0.25, -0.2) is 14.0 Å². The molecular weight excluding hydrogens is 307 g/mol. The summed E-state index contributed by atoms with van der Waals surface area (Å²) >= 11 is 5.57. The molecule has 0 fully saturated rings. The number of amides is 3. The van der Waals surface area contributed by atoms with Crippen LogP contribution in [0.3, 0.4) is 0 Å². The molecular formula is C12H12ClFN2O5. The van der Waals surface area contributed by atoms with Gasteiger partial charge in [-0.15, -0.1) is 0 Å². The maximum absolute atomic E-state index is 12.9. The van der Waals surface area contributed by atoms with Gasteiger partial charge in [-0.3, -0.25) is 10.1 Å². The highest BCUT2D eigenvalue weighted by Gasteiger charge is 2.09. The number of urea groups is 1. The molecule has 3 N–H and O–H groups in total. The zero-order valence-corrected chi connectivity index (χ0v) is 11.4. The molecule has 0 aliphatic heterocycles. The predicted octanol–water partition coefficient (Wildman–Crippen LogP) is 0.906. The smallest absolute Gasteiger partial charge is 0.329 e. The Morgan fingerprint density at radius 2 is 2.00 bits per heavy atom. The van der Waals surface area contributed by atoms with Gasteiger partial charge in [0.15, 0.2) is 0 Å². The molecule has 1 rings (SSSR count). The molecule has 0 spiro atoms. The predicted molar refractivity (Wildman–Crippen MR) is 70.2 cm³/mol. The molecule has 0 unspecified atom stereocenters. The highest BCUT2D eigenvalue weighted by Crippen LogP contribution is 2.15. The van der Waals surface area contributed by atoms with Gasteiger partial charge in [0.2, 0.25) is 0 Å². The number of rotatable bonds is 6. The Morgan fingerprint density at radius 3 is 2.62 bits per heavy atom. The number of carbonyl (C=O) groups excluding carboxylic acids is 2. The summed E-state index contributed by atoms with van der Waals surface area (Å²) in [6.07, 6.45) is 0. The van der Waals surface area contributed by atoms with Crippen molar-refractivity contribution in [2.75, 3.05) is 13.2 Å². The highest BCUT2D eigenvalue weighted by atomic mass is 35.5. The number of halogens is 2. The van der Waals surface area contributed by atoms with Crippen LogP contribution < -0.4 is 10.6 Å². The van der Waals surface area contributed by atoms with Crippen LogP contribution in [0.4, 0.5) is 9.18 Å². The van der Waals surface area contributed by atoms with Crippen LogP contribution in [0, 0.1) is 5.82 Å². The van der Waals surface area contributed by atoms with Crippen molar-refractivity contribution in [2.24, 2.45) is 0 Å². The second kappa shape index (κ2) is 8.18. The number of benzene rings is 1. The number of hydrogen-bond donors (Lipinski definition) is 3. The van der Waals surface area contributed by atoms with Crippen LogP contribution >= 0.6 is 11.6 Å². The minimum Gasteiger partial charge on any atom is -0.480 e. The Morgan fingerprint density at radius 1 is 1.29 bits per heavy atom. The van der Waals surface area contributed by atoms with Gasteiger partial charge in [0.25, 0.3) is 5.91 Å². The zero-order valence-electron chi connectivity index (χ0n) is 10.7. The normalized spacial score (nSPS) is 10.0. The van der Waals surface area contributed by atoms with E-state index in [0.29, 0.717) is 5.56 Å². The van der Waals surface area contributed by atoms with Gasteiger partial charge in [0.05, 0.1) is 5.02 Å². The SMILES string of the molecule is O=C(O)COCC(=O)NC(=O)NCc1ccc(F)c(Cl)c1. The van der Waals surface area contributed by atoms with Gasteiger partial charge >= 0.3 is 12.0 Å². The minimum atomic E-state index is -1.22. The van der Waals surface area contributed by atoms with Gasteiger partial charge in [0.1, 0.15) is 19.0 Å². The molecule has 1 aromatic carbocycles.